The fourth-order valence-corrected chi connectivity index (χ4v) is 3.07. The second kappa shape index (κ2) is 5.92. The first-order chi connectivity index (χ1) is 11.7. The van der Waals surface area contributed by atoms with E-state index in [1.165, 1.54) is 5.56 Å². The Bertz CT molecular complexity index is 872. The molecule has 0 saturated heterocycles. The first-order valence-electron chi connectivity index (χ1n) is 8.05. The lowest BCUT2D eigenvalue weighted by molar-refractivity contribution is -0.117. The highest BCUT2D eigenvalue weighted by Crippen LogP contribution is 2.48. The van der Waals surface area contributed by atoms with Crippen LogP contribution in [0.4, 0.5) is 5.69 Å². The van der Waals surface area contributed by atoms with Gasteiger partial charge < -0.3 is 5.32 Å². The number of amides is 1. The second-order valence-electron chi connectivity index (χ2n) is 6.07. The summed E-state index contributed by atoms with van der Waals surface area (Å²) in [7, 11) is 0. The Morgan fingerprint density at radius 2 is 1.96 bits per heavy atom. The van der Waals surface area contributed by atoms with Crippen molar-refractivity contribution >= 4 is 11.6 Å². The van der Waals surface area contributed by atoms with Crippen LogP contribution in [-0.4, -0.2) is 20.4 Å². The Labute approximate surface area is 140 Å². The monoisotopic (exact) mass is 318 g/mol. The molecule has 0 spiro atoms. The molecule has 2 aromatic heterocycles. The SMILES string of the molecule is Cc1nccn1-c1ncccc1NC(=O)[C@@H]1C[C@H]1c1ccccc1. The summed E-state index contributed by atoms with van der Waals surface area (Å²) in [5.41, 5.74) is 1.94. The van der Waals surface area contributed by atoms with E-state index in [1.807, 2.05) is 48.0 Å². The number of anilines is 1. The molecule has 24 heavy (non-hydrogen) atoms. The minimum absolute atomic E-state index is 0.0318. The van der Waals surface area contributed by atoms with Crippen LogP contribution in [0.3, 0.4) is 0 Å². The number of aromatic nitrogens is 3. The summed E-state index contributed by atoms with van der Waals surface area (Å²) in [5.74, 6) is 1.93. The molecule has 120 valence electrons. The lowest BCUT2D eigenvalue weighted by atomic mass is 10.1. The second-order valence-corrected chi connectivity index (χ2v) is 6.07. The third kappa shape index (κ3) is 2.69. The molecule has 0 unspecified atom stereocenters. The van der Waals surface area contributed by atoms with Gasteiger partial charge in [0.25, 0.3) is 0 Å². The van der Waals surface area contributed by atoms with Crippen molar-refractivity contribution in [3.63, 3.8) is 0 Å². The van der Waals surface area contributed by atoms with Crippen LogP contribution in [0.5, 0.6) is 0 Å². The Morgan fingerprint density at radius 1 is 1.12 bits per heavy atom. The van der Waals surface area contributed by atoms with Crippen molar-refractivity contribution in [1.29, 1.82) is 0 Å². The molecular formula is C19H18N4O. The largest absolute Gasteiger partial charge is 0.323 e. The van der Waals surface area contributed by atoms with Gasteiger partial charge >= 0.3 is 0 Å². The van der Waals surface area contributed by atoms with E-state index in [-0.39, 0.29) is 11.8 Å². The van der Waals surface area contributed by atoms with Crippen LogP contribution in [0.15, 0.2) is 61.1 Å². The normalized spacial score (nSPS) is 19.0. The number of pyridine rings is 1. The highest BCUT2D eigenvalue weighted by Gasteiger charge is 2.44. The molecule has 1 fully saturated rings. The number of hydrogen-bond acceptors (Lipinski definition) is 3. The predicted molar refractivity (Wildman–Crippen MR) is 92.0 cm³/mol. The predicted octanol–water partition coefficient (Wildman–Crippen LogP) is 3.32. The van der Waals surface area contributed by atoms with Crippen LogP contribution in [0.25, 0.3) is 5.82 Å². The van der Waals surface area contributed by atoms with Crippen molar-refractivity contribution in [2.24, 2.45) is 5.92 Å². The van der Waals surface area contributed by atoms with Crippen molar-refractivity contribution in [1.82, 2.24) is 14.5 Å². The number of carbonyl (C=O) groups is 1. The lowest BCUT2D eigenvalue weighted by Crippen LogP contribution is -2.17. The lowest BCUT2D eigenvalue weighted by Gasteiger charge is -2.11. The molecule has 3 aromatic rings. The quantitative estimate of drug-likeness (QED) is 0.803. The molecular weight excluding hydrogens is 300 g/mol. The molecule has 1 aromatic carbocycles. The zero-order chi connectivity index (χ0) is 16.5. The van der Waals surface area contributed by atoms with Crippen molar-refractivity contribution in [2.75, 3.05) is 5.32 Å². The molecule has 0 radical (unpaired) electrons. The topological polar surface area (TPSA) is 59.8 Å². The highest BCUT2D eigenvalue weighted by atomic mass is 16.2. The molecule has 5 heteroatoms. The number of carbonyl (C=O) groups excluding carboxylic acids is 1. The van der Waals surface area contributed by atoms with E-state index in [0.29, 0.717) is 17.4 Å². The molecule has 1 aliphatic rings. The van der Waals surface area contributed by atoms with Crippen LogP contribution in [-0.2, 0) is 4.79 Å². The number of rotatable bonds is 4. The van der Waals surface area contributed by atoms with Gasteiger partial charge in [-0.1, -0.05) is 30.3 Å². The Morgan fingerprint density at radius 3 is 2.71 bits per heavy atom. The van der Waals surface area contributed by atoms with Gasteiger partial charge in [-0.25, -0.2) is 9.97 Å². The molecule has 1 amide bonds. The number of aryl methyl sites for hydroxylation is 1. The summed E-state index contributed by atoms with van der Waals surface area (Å²) < 4.78 is 1.87. The molecule has 5 nitrogen and oxygen atoms in total. The maximum absolute atomic E-state index is 12.6. The summed E-state index contributed by atoms with van der Waals surface area (Å²) in [6.45, 7) is 1.91. The van der Waals surface area contributed by atoms with Gasteiger partial charge in [-0.05, 0) is 37.0 Å². The van der Waals surface area contributed by atoms with Crippen LogP contribution in [0.1, 0.15) is 23.7 Å². The van der Waals surface area contributed by atoms with Gasteiger partial charge in [0.05, 0.1) is 5.69 Å². The van der Waals surface area contributed by atoms with E-state index in [1.54, 1.807) is 12.4 Å². The molecule has 0 bridgehead atoms. The van der Waals surface area contributed by atoms with Crippen molar-refractivity contribution in [3.8, 4) is 5.82 Å². The molecule has 1 N–H and O–H groups in total. The van der Waals surface area contributed by atoms with Crippen LogP contribution in [0.2, 0.25) is 0 Å². The molecule has 2 heterocycles. The minimum atomic E-state index is 0.0318. The summed E-state index contributed by atoms with van der Waals surface area (Å²) >= 11 is 0. The first kappa shape index (κ1) is 14.6. The fourth-order valence-electron chi connectivity index (χ4n) is 3.07. The van der Waals surface area contributed by atoms with E-state index >= 15 is 0 Å². The number of imidazole rings is 1. The molecule has 4 rings (SSSR count). The molecule has 1 aliphatic carbocycles. The van der Waals surface area contributed by atoms with Gasteiger partial charge in [0, 0.05) is 24.5 Å². The Hall–Kier alpha value is -2.95. The van der Waals surface area contributed by atoms with Crippen LogP contribution >= 0.6 is 0 Å². The van der Waals surface area contributed by atoms with Crippen LogP contribution < -0.4 is 5.32 Å². The number of benzene rings is 1. The van der Waals surface area contributed by atoms with Gasteiger partial charge in [-0.3, -0.25) is 9.36 Å². The number of nitrogens with zero attached hydrogens (tertiary/aromatic N) is 3. The van der Waals surface area contributed by atoms with Crippen LogP contribution in [0, 0.1) is 12.8 Å². The zero-order valence-electron chi connectivity index (χ0n) is 13.4. The van der Waals surface area contributed by atoms with Crippen molar-refractivity contribution in [3.05, 3.63) is 72.4 Å². The van der Waals surface area contributed by atoms with Gasteiger partial charge in [-0.15, -0.1) is 0 Å². The standard InChI is InChI=1S/C19H18N4O/c1-13-20-10-11-23(13)18-17(8-5-9-21-18)22-19(24)16-12-15(16)14-6-3-2-4-7-14/h2-11,15-16H,12H2,1H3,(H,22,24)/t15-,16+/m0/s1. The van der Waals surface area contributed by atoms with Gasteiger partial charge in [-0.2, -0.15) is 0 Å². The molecule has 0 aliphatic heterocycles. The van der Waals surface area contributed by atoms with E-state index in [2.05, 4.69) is 27.4 Å². The number of nitrogens with one attached hydrogen (secondary N) is 1. The summed E-state index contributed by atoms with van der Waals surface area (Å²) in [5, 5.41) is 3.04. The van der Waals surface area contributed by atoms with Crippen molar-refractivity contribution in [2.45, 2.75) is 19.3 Å². The summed E-state index contributed by atoms with van der Waals surface area (Å²) in [6.07, 6.45) is 6.18. The van der Waals surface area contributed by atoms with E-state index < -0.39 is 0 Å². The average molecular weight is 318 g/mol. The van der Waals surface area contributed by atoms with Gasteiger partial charge in [0.15, 0.2) is 5.82 Å². The fraction of sp³-hybridized carbons (Fsp3) is 0.211. The first-order valence-corrected chi connectivity index (χ1v) is 8.05. The van der Waals surface area contributed by atoms with E-state index in [9.17, 15) is 4.79 Å². The smallest absolute Gasteiger partial charge is 0.228 e. The zero-order valence-corrected chi connectivity index (χ0v) is 13.4. The summed E-state index contributed by atoms with van der Waals surface area (Å²) in [4.78, 5) is 21.2. The Kier molecular flexibility index (Phi) is 3.61. The third-order valence-corrected chi connectivity index (χ3v) is 4.45. The third-order valence-electron chi connectivity index (χ3n) is 4.45. The van der Waals surface area contributed by atoms with Gasteiger partial charge in [0.2, 0.25) is 5.91 Å². The van der Waals surface area contributed by atoms with E-state index in [0.717, 1.165) is 12.2 Å². The van der Waals surface area contributed by atoms with Crippen molar-refractivity contribution < 1.29 is 4.79 Å². The number of hydrogen-bond donors (Lipinski definition) is 1. The Balaban J connectivity index is 1.53. The highest BCUT2D eigenvalue weighted by molar-refractivity contribution is 5.96. The average Bonchev–Trinajstić information content (AvgIpc) is 3.31. The minimum Gasteiger partial charge on any atom is -0.323 e. The van der Waals surface area contributed by atoms with Gasteiger partial charge in [0.1, 0.15) is 5.82 Å². The molecule has 2 atom stereocenters. The maximum Gasteiger partial charge on any atom is 0.228 e. The maximum atomic E-state index is 12.6. The van der Waals surface area contributed by atoms with E-state index in [4.69, 9.17) is 0 Å². The molecule has 1 saturated carbocycles. The summed E-state index contributed by atoms with van der Waals surface area (Å²) in [6, 6.07) is 13.9.